The van der Waals surface area contributed by atoms with E-state index in [9.17, 15) is 15.2 Å². The molecule has 0 amide bonds. The van der Waals surface area contributed by atoms with Gasteiger partial charge in [-0.3, -0.25) is 9.36 Å². The monoisotopic (exact) mass is 539 g/mol. The summed E-state index contributed by atoms with van der Waals surface area (Å²) in [5.74, 6) is 0.603. The van der Waals surface area contributed by atoms with Crippen molar-refractivity contribution < 1.29 is 9.84 Å². The molecule has 2 aromatic carbocycles. The number of aromatic nitrogens is 4. The number of methoxy groups -OCH3 is 1. The molecule has 0 spiro atoms. The van der Waals surface area contributed by atoms with Gasteiger partial charge >= 0.3 is 0 Å². The Morgan fingerprint density at radius 1 is 1.15 bits per heavy atom. The molecule has 1 fully saturated rings. The molecule has 1 N–H and O–H groups in total. The minimum Gasteiger partial charge on any atom is -0.396 e. The molecule has 0 bridgehead atoms. The Bertz CT molecular complexity index is 1560. The first-order valence-corrected chi connectivity index (χ1v) is 14.2. The molecule has 0 unspecified atom stereocenters. The number of rotatable bonds is 10. The normalized spacial score (nSPS) is 19.1. The number of hydrogen-bond acceptors (Lipinski definition) is 6. The number of nitriles is 1. The second kappa shape index (κ2) is 12.2. The van der Waals surface area contributed by atoms with Gasteiger partial charge in [-0.2, -0.15) is 15.3 Å². The lowest BCUT2D eigenvalue weighted by Gasteiger charge is -2.39. The molecule has 208 valence electrons. The largest absolute Gasteiger partial charge is 0.396 e. The van der Waals surface area contributed by atoms with Crippen molar-refractivity contribution in [2.24, 2.45) is 0 Å². The van der Waals surface area contributed by atoms with E-state index in [4.69, 9.17) is 4.74 Å². The van der Waals surface area contributed by atoms with Gasteiger partial charge in [-0.1, -0.05) is 55.8 Å². The quantitative estimate of drug-likeness (QED) is 0.295. The Morgan fingerprint density at radius 2 is 1.90 bits per heavy atom. The highest BCUT2D eigenvalue weighted by Gasteiger charge is 2.37. The van der Waals surface area contributed by atoms with E-state index >= 15 is 0 Å². The number of aliphatic hydroxyl groups excluding tert-OH is 1. The van der Waals surface area contributed by atoms with E-state index < -0.39 is 0 Å². The highest BCUT2D eigenvalue weighted by atomic mass is 16.5. The van der Waals surface area contributed by atoms with Crippen LogP contribution in [0, 0.1) is 11.3 Å². The number of fused-ring (bicyclic) bond motifs is 1. The van der Waals surface area contributed by atoms with Gasteiger partial charge in [0.1, 0.15) is 6.33 Å². The number of aryl methyl sites for hydroxylation is 1. The summed E-state index contributed by atoms with van der Waals surface area (Å²) < 4.78 is 9.66. The van der Waals surface area contributed by atoms with Crippen LogP contribution in [0.4, 0.5) is 0 Å². The maximum absolute atomic E-state index is 14.2. The molecule has 2 aromatic heterocycles. The van der Waals surface area contributed by atoms with E-state index in [0.717, 1.165) is 72.9 Å². The lowest BCUT2D eigenvalue weighted by atomic mass is 9.79. The summed E-state index contributed by atoms with van der Waals surface area (Å²) in [6.07, 6.45) is 8.47. The van der Waals surface area contributed by atoms with Crippen LogP contribution in [0.5, 0.6) is 0 Å². The van der Waals surface area contributed by atoms with E-state index in [0.29, 0.717) is 24.2 Å². The number of hydrogen-bond donors (Lipinski definition) is 1. The molecular weight excluding hydrogens is 502 g/mol. The van der Waals surface area contributed by atoms with Crippen LogP contribution in [-0.4, -0.2) is 43.6 Å². The summed E-state index contributed by atoms with van der Waals surface area (Å²) in [4.78, 5) is 18.8. The first-order chi connectivity index (χ1) is 19.5. The fourth-order valence-corrected chi connectivity index (χ4v) is 6.26. The first-order valence-electron chi connectivity index (χ1n) is 14.2. The number of benzene rings is 2. The summed E-state index contributed by atoms with van der Waals surface area (Å²) in [5, 5.41) is 23.4. The fraction of sp³-hybridized carbons (Fsp3) is 0.438. The van der Waals surface area contributed by atoms with Crippen LogP contribution in [-0.2, 0) is 17.6 Å². The van der Waals surface area contributed by atoms with Gasteiger partial charge in [0.25, 0.3) is 5.56 Å². The molecule has 0 aliphatic heterocycles. The molecule has 0 atom stereocenters. The lowest BCUT2D eigenvalue weighted by molar-refractivity contribution is -0.0569. The average molecular weight is 540 g/mol. The van der Waals surface area contributed by atoms with Gasteiger partial charge in [0.15, 0.2) is 0 Å². The van der Waals surface area contributed by atoms with Gasteiger partial charge in [-0.05, 0) is 67.7 Å². The van der Waals surface area contributed by atoms with Crippen LogP contribution in [0.2, 0.25) is 0 Å². The van der Waals surface area contributed by atoms with Crippen molar-refractivity contribution >= 4 is 5.78 Å². The highest BCUT2D eigenvalue weighted by Crippen LogP contribution is 2.40. The minimum absolute atomic E-state index is 0.00753. The van der Waals surface area contributed by atoms with Crippen LogP contribution in [0.15, 0.2) is 59.7 Å². The third-order valence-electron chi connectivity index (χ3n) is 8.46. The highest BCUT2D eigenvalue weighted by molar-refractivity contribution is 5.70. The average Bonchev–Trinajstić information content (AvgIpc) is 3.48. The molecular formula is C32H37N5O3. The Balaban J connectivity index is 1.50. The van der Waals surface area contributed by atoms with E-state index in [1.165, 1.54) is 0 Å². The molecule has 8 heteroatoms. The van der Waals surface area contributed by atoms with E-state index in [1.807, 2.05) is 57.6 Å². The van der Waals surface area contributed by atoms with Crippen molar-refractivity contribution in [1.82, 2.24) is 19.2 Å². The molecule has 0 saturated heterocycles. The van der Waals surface area contributed by atoms with Crippen LogP contribution >= 0.6 is 0 Å². The summed E-state index contributed by atoms with van der Waals surface area (Å²) in [5.41, 5.74) is 4.99. The third kappa shape index (κ3) is 5.32. The standard InChI is InChI=1S/C32H37N5O3/c1-3-7-29-28(20-23-10-12-24(13-11-23)27-9-5-4-8-25(27)21-33)30(39)36(31-34-22-35-37(29)31)26-14-17-32(40-2,18-15-26)16-6-19-38/h4-5,8-13,22,26,38H,3,6-7,14-20H2,1-2H3. The second-order valence-corrected chi connectivity index (χ2v) is 10.8. The number of nitrogens with zero attached hydrogens (tertiary/aromatic N) is 5. The van der Waals surface area contributed by atoms with Gasteiger partial charge in [0, 0.05) is 31.7 Å². The van der Waals surface area contributed by atoms with Gasteiger partial charge < -0.3 is 9.84 Å². The Labute approximate surface area is 234 Å². The van der Waals surface area contributed by atoms with Crippen LogP contribution < -0.4 is 5.56 Å². The van der Waals surface area contributed by atoms with Gasteiger partial charge in [-0.25, -0.2) is 4.52 Å². The van der Waals surface area contributed by atoms with Crippen molar-refractivity contribution in [3.05, 3.63) is 87.6 Å². The van der Waals surface area contributed by atoms with Gasteiger partial charge in [0.05, 0.1) is 22.9 Å². The topological polar surface area (TPSA) is 105 Å². The third-order valence-corrected chi connectivity index (χ3v) is 8.46. The molecule has 1 aliphatic rings. The van der Waals surface area contributed by atoms with Gasteiger partial charge in [-0.15, -0.1) is 0 Å². The zero-order valence-corrected chi connectivity index (χ0v) is 23.3. The summed E-state index contributed by atoms with van der Waals surface area (Å²) in [7, 11) is 1.75. The molecule has 1 saturated carbocycles. The zero-order valence-electron chi connectivity index (χ0n) is 23.3. The van der Waals surface area contributed by atoms with Crippen LogP contribution in [0.1, 0.15) is 80.3 Å². The predicted octanol–water partition coefficient (Wildman–Crippen LogP) is 5.25. The molecule has 1 aliphatic carbocycles. The van der Waals surface area contributed by atoms with E-state index in [2.05, 4.69) is 23.1 Å². The smallest absolute Gasteiger partial charge is 0.259 e. The van der Waals surface area contributed by atoms with E-state index in [1.54, 1.807) is 13.4 Å². The second-order valence-electron chi connectivity index (χ2n) is 10.8. The summed E-state index contributed by atoms with van der Waals surface area (Å²) >= 11 is 0. The fourth-order valence-electron chi connectivity index (χ4n) is 6.26. The molecule has 8 nitrogen and oxygen atoms in total. The Hall–Kier alpha value is -3.80. The number of ether oxygens (including phenoxy) is 1. The molecule has 2 heterocycles. The Kier molecular flexibility index (Phi) is 8.43. The van der Waals surface area contributed by atoms with Crippen molar-refractivity contribution in [2.75, 3.05) is 13.7 Å². The SMILES string of the molecule is CCCc1c(Cc2ccc(-c3ccccc3C#N)cc2)c(=O)n(C2CCC(CCCO)(OC)CC2)c2ncnn12. The van der Waals surface area contributed by atoms with Crippen molar-refractivity contribution in [2.45, 2.75) is 76.4 Å². The Morgan fingerprint density at radius 3 is 2.58 bits per heavy atom. The molecule has 0 radical (unpaired) electrons. The predicted molar refractivity (Wildman–Crippen MR) is 154 cm³/mol. The summed E-state index contributed by atoms with van der Waals surface area (Å²) in [6.45, 7) is 2.26. The lowest BCUT2D eigenvalue weighted by Crippen LogP contribution is -2.40. The first kappa shape index (κ1) is 27.8. The van der Waals surface area contributed by atoms with Gasteiger partial charge in [0.2, 0.25) is 5.78 Å². The molecule has 4 aromatic rings. The molecule has 5 rings (SSSR count). The van der Waals surface area contributed by atoms with E-state index in [-0.39, 0.29) is 23.8 Å². The van der Waals surface area contributed by atoms with Crippen LogP contribution in [0.3, 0.4) is 0 Å². The maximum Gasteiger partial charge on any atom is 0.259 e. The minimum atomic E-state index is -0.246. The number of aliphatic hydroxyl groups is 1. The molecule has 40 heavy (non-hydrogen) atoms. The zero-order chi connectivity index (χ0) is 28.1. The van der Waals surface area contributed by atoms with Crippen molar-refractivity contribution in [1.29, 1.82) is 5.26 Å². The maximum atomic E-state index is 14.2. The summed E-state index contributed by atoms with van der Waals surface area (Å²) in [6, 6.07) is 18.0. The van der Waals surface area contributed by atoms with Crippen molar-refractivity contribution in [3.8, 4) is 17.2 Å². The van der Waals surface area contributed by atoms with Crippen LogP contribution in [0.25, 0.3) is 16.9 Å². The van der Waals surface area contributed by atoms with Crippen molar-refractivity contribution in [3.63, 3.8) is 0 Å².